The highest BCUT2D eigenvalue weighted by atomic mass is 32.2. The van der Waals surface area contributed by atoms with Gasteiger partial charge in [0.2, 0.25) is 5.91 Å². The van der Waals surface area contributed by atoms with Crippen LogP contribution in [-0.2, 0) is 19.1 Å². The molecule has 1 aromatic carbocycles. The predicted molar refractivity (Wildman–Crippen MR) is 122 cm³/mol. The number of benzene rings is 1. The Labute approximate surface area is 183 Å². The molecular formula is C23H29N3O4S. The Morgan fingerprint density at radius 3 is 2.42 bits per heavy atom. The highest BCUT2D eigenvalue weighted by molar-refractivity contribution is 8.02. The van der Waals surface area contributed by atoms with Crippen LogP contribution in [0.15, 0.2) is 47.5 Å². The SMILES string of the molecule is C=S(=O)(c1ccc(-c2ccc(C(=O)NCCCC)cn2)cc1)C1(C(N)=O)CCOCC1. The highest BCUT2D eigenvalue weighted by Gasteiger charge is 2.46. The average molecular weight is 444 g/mol. The van der Waals surface area contributed by atoms with Crippen LogP contribution in [0.25, 0.3) is 11.3 Å². The zero-order valence-electron chi connectivity index (χ0n) is 17.8. The third-order valence-electron chi connectivity index (χ3n) is 5.75. The van der Waals surface area contributed by atoms with Gasteiger partial charge in [-0.05, 0) is 49.4 Å². The lowest BCUT2D eigenvalue weighted by molar-refractivity contribution is -0.122. The largest absolute Gasteiger partial charge is 0.381 e. The van der Waals surface area contributed by atoms with Gasteiger partial charge in [0.05, 0.1) is 11.3 Å². The van der Waals surface area contributed by atoms with Crippen molar-refractivity contribution in [3.05, 3.63) is 48.2 Å². The maximum Gasteiger partial charge on any atom is 0.252 e. The van der Waals surface area contributed by atoms with Gasteiger partial charge in [0.15, 0.2) is 0 Å². The normalized spacial score (nSPS) is 17.5. The molecule has 7 nitrogen and oxygen atoms in total. The second-order valence-corrected chi connectivity index (χ2v) is 10.3. The molecule has 0 saturated carbocycles. The van der Waals surface area contributed by atoms with Gasteiger partial charge in [-0.2, -0.15) is 0 Å². The van der Waals surface area contributed by atoms with Gasteiger partial charge in [-0.15, -0.1) is 0 Å². The Bertz CT molecular complexity index is 1030. The highest BCUT2D eigenvalue weighted by Crippen LogP contribution is 2.35. The molecular weight excluding hydrogens is 414 g/mol. The molecule has 2 aromatic rings. The smallest absolute Gasteiger partial charge is 0.252 e. The van der Waals surface area contributed by atoms with Crippen molar-refractivity contribution in [3.8, 4) is 11.3 Å². The van der Waals surface area contributed by atoms with Crippen LogP contribution in [0.3, 0.4) is 0 Å². The molecule has 8 heteroatoms. The fraction of sp³-hybridized carbons (Fsp3) is 0.391. The monoisotopic (exact) mass is 443 g/mol. The van der Waals surface area contributed by atoms with Crippen LogP contribution >= 0.6 is 0 Å². The molecule has 1 aliphatic heterocycles. The minimum atomic E-state index is -2.98. The van der Waals surface area contributed by atoms with Crippen LogP contribution < -0.4 is 11.1 Å². The first-order valence-electron chi connectivity index (χ1n) is 10.4. The summed E-state index contributed by atoms with van der Waals surface area (Å²) in [7, 11) is -2.98. The molecule has 1 atom stereocenters. The molecule has 0 bridgehead atoms. The molecule has 1 aromatic heterocycles. The lowest BCUT2D eigenvalue weighted by Gasteiger charge is -2.37. The lowest BCUT2D eigenvalue weighted by atomic mass is 9.98. The van der Waals surface area contributed by atoms with E-state index >= 15 is 0 Å². The maximum atomic E-state index is 13.7. The Kier molecular flexibility index (Phi) is 7.12. The van der Waals surface area contributed by atoms with Crippen molar-refractivity contribution >= 4 is 27.2 Å². The number of hydrogen-bond acceptors (Lipinski definition) is 5. The summed E-state index contributed by atoms with van der Waals surface area (Å²) in [6.07, 6.45) is 4.06. The molecule has 3 N–H and O–H groups in total. The molecule has 1 aliphatic rings. The van der Waals surface area contributed by atoms with Gasteiger partial charge < -0.3 is 15.8 Å². The quantitative estimate of drug-likeness (QED) is 0.481. The summed E-state index contributed by atoms with van der Waals surface area (Å²) in [4.78, 5) is 29.2. The number of unbranched alkanes of at least 4 members (excludes halogenated alkanes) is 1. The van der Waals surface area contributed by atoms with Gasteiger partial charge in [0.1, 0.15) is 4.75 Å². The fourth-order valence-electron chi connectivity index (χ4n) is 3.69. The van der Waals surface area contributed by atoms with E-state index in [1.807, 2.05) is 0 Å². The van der Waals surface area contributed by atoms with E-state index in [9.17, 15) is 13.8 Å². The van der Waals surface area contributed by atoms with E-state index in [-0.39, 0.29) is 18.7 Å². The van der Waals surface area contributed by atoms with Gasteiger partial charge in [0.25, 0.3) is 5.91 Å². The van der Waals surface area contributed by atoms with E-state index in [1.165, 1.54) is 0 Å². The summed E-state index contributed by atoms with van der Waals surface area (Å²) in [5.74, 6) is 3.18. The number of nitrogens with two attached hydrogens (primary N) is 1. The van der Waals surface area contributed by atoms with Gasteiger partial charge in [0, 0.05) is 45.9 Å². The Balaban J connectivity index is 1.80. The van der Waals surface area contributed by atoms with Crippen molar-refractivity contribution in [2.24, 2.45) is 5.73 Å². The molecule has 3 rings (SSSR count). The summed E-state index contributed by atoms with van der Waals surface area (Å²) < 4.78 is 17.8. The van der Waals surface area contributed by atoms with E-state index in [1.54, 1.807) is 42.6 Å². The van der Waals surface area contributed by atoms with Crippen LogP contribution in [0, 0.1) is 0 Å². The zero-order valence-corrected chi connectivity index (χ0v) is 18.6. The van der Waals surface area contributed by atoms with Crippen LogP contribution in [0.2, 0.25) is 0 Å². The van der Waals surface area contributed by atoms with Crippen LogP contribution in [-0.4, -0.2) is 51.4 Å². The number of aromatic nitrogens is 1. The second kappa shape index (κ2) is 9.62. The molecule has 2 heterocycles. The number of amides is 2. The summed E-state index contributed by atoms with van der Waals surface area (Å²) in [6.45, 7) is 3.37. The number of primary amides is 1. The van der Waals surface area contributed by atoms with Gasteiger partial charge in [-0.1, -0.05) is 25.5 Å². The number of carbonyl (C=O) groups excluding carboxylic acids is 2. The summed E-state index contributed by atoms with van der Waals surface area (Å²) in [5.41, 5.74) is 7.65. The molecule has 1 fully saturated rings. The lowest BCUT2D eigenvalue weighted by Crippen LogP contribution is -2.53. The number of ether oxygens (including phenoxy) is 1. The maximum absolute atomic E-state index is 13.7. The third kappa shape index (κ3) is 4.65. The number of nitrogens with zero attached hydrogens (tertiary/aromatic N) is 1. The molecule has 2 amide bonds. The predicted octanol–water partition coefficient (Wildman–Crippen LogP) is 2.39. The molecule has 31 heavy (non-hydrogen) atoms. The topological polar surface area (TPSA) is 111 Å². The molecule has 1 saturated heterocycles. The number of pyridine rings is 1. The number of rotatable bonds is 8. The second-order valence-electron chi connectivity index (χ2n) is 7.71. The third-order valence-corrected chi connectivity index (χ3v) is 8.66. The van der Waals surface area contributed by atoms with Crippen molar-refractivity contribution in [2.45, 2.75) is 42.2 Å². The minimum Gasteiger partial charge on any atom is -0.381 e. The average Bonchev–Trinajstić information content (AvgIpc) is 2.79. The Morgan fingerprint density at radius 1 is 1.19 bits per heavy atom. The van der Waals surface area contributed by atoms with Gasteiger partial charge >= 0.3 is 0 Å². The van der Waals surface area contributed by atoms with E-state index in [0.717, 1.165) is 18.4 Å². The van der Waals surface area contributed by atoms with Crippen molar-refractivity contribution in [1.29, 1.82) is 0 Å². The summed E-state index contributed by atoms with van der Waals surface area (Å²) in [5, 5.41) is 2.86. The zero-order chi connectivity index (χ0) is 22.5. The number of carbonyl (C=O) groups is 2. The number of hydrogen-bond donors (Lipinski definition) is 2. The standard InChI is InChI=1S/C23H29N3O4S/c1-3-4-13-25-21(27)18-7-10-20(26-16-18)17-5-8-19(9-6-17)31(2,29)23(22(24)28)11-14-30-15-12-23/h5-10,16H,2-4,11-15H2,1H3,(H2,24,28)(H,25,27). The number of nitrogens with one attached hydrogen (secondary N) is 1. The van der Waals surface area contributed by atoms with E-state index in [0.29, 0.717) is 35.9 Å². The molecule has 0 radical (unpaired) electrons. The van der Waals surface area contributed by atoms with Crippen LogP contribution in [0.4, 0.5) is 0 Å². The van der Waals surface area contributed by atoms with Crippen LogP contribution in [0.5, 0.6) is 0 Å². The van der Waals surface area contributed by atoms with E-state index < -0.39 is 20.2 Å². The van der Waals surface area contributed by atoms with Gasteiger partial charge in [-0.25, -0.2) is 0 Å². The Hall–Kier alpha value is -2.71. The van der Waals surface area contributed by atoms with Gasteiger partial charge in [-0.3, -0.25) is 18.8 Å². The first-order valence-corrected chi connectivity index (χ1v) is 12.1. The first-order chi connectivity index (χ1) is 14.8. The summed E-state index contributed by atoms with van der Waals surface area (Å²) >= 11 is 0. The van der Waals surface area contributed by atoms with E-state index in [2.05, 4.69) is 23.1 Å². The minimum absolute atomic E-state index is 0.146. The van der Waals surface area contributed by atoms with E-state index in [4.69, 9.17) is 10.5 Å². The molecule has 1 unspecified atom stereocenters. The van der Waals surface area contributed by atoms with Crippen molar-refractivity contribution in [1.82, 2.24) is 10.3 Å². The summed E-state index contributed by atoms with van der Waals surface area (Å²) in [6, 6.07) is 10.5. The fourth-order valence-corrected chi connectivity index (χ4v) is 5.87. The Morgan fingerprint density at radius 2 is 1.87 bits per heavy atom. The first kappa shape index (κ1) is 23.0. The molecule has 0 spiro atoms. The molecule has 0 aliphatic carbocycles. The van der Waals surface area contributed by atoms with Crippen LogP contribution in [0.1, 0.15) is 43.0 Å². The van der Waals surface area contributed by atoms with Crippen molar-refractivity contribution < 1.29 is 18.5 Å². The molecule has 166 valence electrons. The van der Waals surface area contributed by atoms with Crippen molar-refractivity contribution in [3.63, 3.8) is 0 Å². The van der Waals surface area contributed by atoms with Crippen molar-refractivity contribution in [2.75, 3.05) is 19.8 Å².